The summed E-state index contributed by atoms with van der Waals surface area (Å²) in [6, 6.07) is 0.450. The van der Waals surface area contributed by atoms with E-state index in [1.165, 1.54) is 0 Å². The quantitative estimate of drug-likeness (QED) is 0.176. The Hall–Kier alpha value is -0.770. The topological polar surface area (TPSA) is 76.4 Å². The maximum absolute atomic E-state index is 5.23. The molecule has 0 aromatic carbocycles. The van der Waals surface area contributed by atoms with Gasteiger partial charge < -0.3 is 5.73 Å². The summed E-state index contributed by atoms with van der Waals surface area (Å²) in [7, 11) is 0. The molecule has 0 heterocycles. The molecule has 0 aliphatic heterocycles. The second-order valence-corrected chi connectivity index (χ2v) is 1.89. The van der Waals surface area contributed by atoms with E-state index in [1.54, 1.807) is 0 Å². The summed E-state index contributed by atoms with van der Waals surface area (Å²) in [6.07, 6.45) is 2.31. The number of nitrogens with two attached hydrogens (primary N) is 2. The Bertz CT molecular complexity index is 105. The smallest absolute Gasteiger partial charge is 0.203 e. The van der Waals surface area contributed by atoms with Crippen LogP contribution in [0.25, 0.3) is 0 Å². The Morgan fingerprint density at radius 1 is 1.62 bits per heavy atom. The van der Waals surface area contributed by atoms with Crippen LogP contribution in [-0.2, 0) is 0 Å². The average molecular weight is 114 g/mol. The molecule has 0 aromatic rings. The number of nitrogens with zero attached hydrogens (tertiary/aromatic N) is 1. The van der Waals surface area contributed by atoms with Crippen molar-refractivity contribution in [2.24, 2.45) is 16.6 Å². The summed E-state index contributed by atoms with van der Waals surface area (Å²) >= 11 is 0. The Balaban J connectivity index is 2.27. The monoisotopic (exact) mass is 114 g/mol. The molecule has 0 atom stereocenters. The number of guanidine groups is 1. The predicted octanol–water partition coefficient (Wildman–Crippen LogP) is -1.07. The largest absolute Gasteiger partial charge is 0.369 e. The van der Waals surface area contributed by atoms with Crippen molar-refractivity contribution in [1.29, 1.82) is 0 Å². The van der Waals surface area contributed by atoms with E-state index < -0.39 is 0 Å². The van der Waals surface area contributed by atoms with Crippen LogP contribution in [0.2, 0.25) is 0 Å². The molecule has 4 heteroatoms. The lowest BCUT2D eigenvalue weighted by atomic mass is 10.7. The van der Waals surface area contributed by atoms with Crippen LogP contribution in [0.5, 0.6) is 0 Å². The van der Waals surface area contributed by atoms with Crippen molar-refractivity contribution in [3.63, 3.8) is 0 Å². The Labute approximate surface area is 47.9 Å². The van der Waals surface area contributed by atoms with Crippen LogP contribution in [-0.4, -0.2) is 12.0 Å². The number of hydrazine groups is 1. The molecule has 1 aliphatic rings. The molecule has 4 nitrogen and oxygen atoms in total. The van der Waals surface area contributed by atoms with Gasteiger partial charge in [-0.05, 0) is 12.8 Å². The molecule has 1 rings (SSSR count). The number of hydrogen-bond acceptors (Lipinski definition) is 2. The molecule has 1 aliphatic carbocycles. The molecule has 0 radical (unpaired) electrons. The molecular weight excluding hydrogens is 104 g/mol. The first-order valence-electron chi connectivity index (χ1n) is 2.63. The minimum atomic E-state index is 0.340. The van der Waals surface area contributed by atoms with Crippen molar-refractivity contribution < 1.29 is 0 Å². The highest BCUT2D eigenvalue weighted by atomic mass is 15.3. The van der Waals surface area contributed by atoms with E-state index >= 15 is 0 Å². The first-order valence-corrected chi connectivity index (χ1v) is 2.63. The molecule has 1 fully saturated rings. The number of rotatable bonds is 1. The SMILES string of the molecule is NNC(N)=NC1CC1. The van der Waals surface area contributed by atoms with E-state index in [1.807, 2.05) is 0 Å². The normalized spacial score (nSPS) is 20.9. The molecule has 0 saturated heterocycles. The zero-order valence-electron chi connectivity index (χ0n) is 4.59. The summed E-state index contributed by atoms with van der Waals surface area (Å²) in [5.41, 5.74) is 7.49. The van der Waals surface area contributed by atoms with Gasteiger partial charge in [0.2, 0.25) is 5.96 Å². The van der Waals surface area contributed by atoms with Gasteiger partial charge in [0.15, 0.2) is 0 Å². The highest BCUT2D eigenvalue weighted by Gasteiger charge is 2.19. The lowest BCUT2D eigenvalue weighted by molar-refractivity contribution is 0.956. The summed E-state index contributed by atoms with van der Waals surface area (Å²) in [4.78, 5) is 3.97. The summed E-state index contributed by atoms with van der Waals surface area (Å²) in [5, 5.41) is 0. The van der Waals surface area contributed by atoms with Crippen LogP contribution >= 0.6 is 0 Å². The summed E-state index contributed by atoms with van der Waals surface area (Å²) in [6.45, 7) is 0. The second-order valence-electron chi connectivity index (χ2n) is 1.89. The number of hydrogen-bond donors (Lipinski definition) is 3. The third-order valence-electron chi connectivity index (χ3n) is 1.02. The summed E-state index contributed by atoms with van der Waals surface area (Å²) in [5.74, 6) is 5.28. The fourth-order valence-electron chi connectivity index (χ4n) is 0.438. The van der Waals surface area contributed by atoms with Gasteiger partial charge in [-0.1, -0.05) is 0 Å². The standard InChI is InChI=1S/C4H10N4/c5-4(8-6)7-3-1-2-3/h3H,1-2,6H2,(H3,5,7,8). The van der Waals surface area contributed by atoms with Crippen LogP contribution in [0.1, 0.15) is 12.8 Å². The third kappa shape index (κ3) is 1.38. The molecule has 0 amide bonds. The molecule has 46 valence electrons. The van der Waals surface area contributed by atoms with Gasteiger partial charge in [0.05, 0.1) is 6.04 Å². The van der Waals surface area contributed by atoms with Crippen molar-refractivity contribution in [3.05, 3.63) is 0 Å². The van der Waals surface area contributed by atoms with E-state index in [4.69, 9.17) is 11.6 Å². The van der Waals surface area contributed by atoms with Crippen LogP contribution < -0.4 is 17.0 Å². The van der Waals surface area contributed by atoms with Gasteiger partial charge in [-0.2, -0.15) is 0 Å². The minimum absolute atomic E-state index is 0.340. The molecule has 8 heavy (non-hydrogen) atoms. The minimum Gasteiger partial charge on any atom is -0.369 e. The van der Waals surface area contributed by atoms with Gasteiger partial charge in [0.1, 0.15) is 0 Å². The predicted molar refractivity (Wildman–Crippen MR) is 32.0 cm³/mol. The fourth-order valence-corrected chi connectivity index (χ4v) is 0.438. The lowest BCUT2D eigenvalue weighted by Crippen LogP contribution is -2.37. The van der Waals surface area contributed by atoms with Gasteiger partial charge in [-0.3, -0.25) is 5.43 Å². The lowest BCUT2D eigenvalue weighted by Gasteiger charge is -1.93. The Morgan fingerprint density at radius 2 is 2.25 bits per heavy atom. The van der Waals surface area contributed by atoms with Crippen LogP contribution in [0.4, 0.5) is 0 Å². The maximum atomic E-state index is 5.23. The van der Waals surface area contributed by atoms with Crippen LogP contribution in [0.15, 0.2) is 4.99 Å². The van der Waals surface area contributed by atoms with Gasteiger partial charge in [0, 0.05) is 0 Å². The highest BCUT2D eigenvalue weighted by molar-refractivity contribution is 5.77. The van der Waals surface area contributed by atoms with Crippen molar-refractivity contribution >= 4 is 5.96 Å². The van der Waals surface area contributed by atoms with Crippen LogP contribution in [0.3, 0.4) is 0 Å². The van der Waals surface area contributed by atoms with E-state index in [2.05, 4.69) is 10.4 Å². The molecule has 0 aromatic heterocycles. The van der Waals surface area contributed by atoms with Crippen molar-refractivity contribution in [1.82, 2.24) is 5.43 Å². The van der Waals surface area contributed by atoms with Gasteiger partial charge in [-0.15, -0.1) is 0 Å². The first kappa shape index (κ1) is 5.37. The van der Waals surface area contributed by atoms with Crippen molar-refractivity contribution in [2.75, 3.05) is 0 Å². The van der Waals surface area contributed by atoms with Crippen LogP contribution in [0, 0.1) is 0 Å². The highest BCUT2D eigenvalue weighted by Crippen LogP contribution is 2.22. The molecule has 0 unspecified atom stereocenters. The Morgan fingerprint density at radius 3 is 2.62 bits per heavy atom. The van der Waals surface area contributed by atoms with E-state index in [0.717, 1.165) is 12.8 Å². The molecule has 0 bridgehead atoms. The van der Waals surface area contributed by atoms with E-state index in [9.17, 15) is 0 Å². The fraction of sp³-hybridized carbons (Fsp3) is 0.750. The third-order valence-corrected chi connectivity index (χ3v) is 1.02. The van der Waals surface area contributed by atoms with E-state index in [0.29, 0.717) is 12.0 Å². The maximum Gasteiger partial charge on any atom is 0.203 e. The molecule has 0 spiro atoms. The molecule has 1 saturated carbocycles. The first-order chi connectivity index (χ1) is 3.83. The number of aliphatic imine (C=N–C) groups is 1. The molecule has 5 N–H and O–H groups in total. The average Bonchev–Trinajstić information content (AvgIpc) is 2.50. The number of nitrogens with one attached hydrogen (secondary N) is 1. The zero-order valence-corrected chi connectivity index (χ0v) is 4.59. The zero-order chi connectivity index (χ0) is 5.98. The second kappa shape index (κ2) is 2.00. The van der Waals surface area contributed by atoms with Gasteiger partial charge >= 0.3 is 0 Å². The van der Waals surface area contributed by atoms with E-state index in [-0.39, 0.29) is 0 Å². The van der Waals surface area contributed by atoms with Crippen molar-refractivity contribution in [2.45, 2.75) is 18.9 Å². The Kier molecular flexibility index (Phi) is 1.34. The summed E-state index contributed by atoms with van der Waals surface area (Å²) < 4.78 is 0. The van der Waals surface area contributed by atoms with Gasteiger partial charge in [0.25, 0.3) is 0 Å². The molecular formula is C4H10N4. The van der Waals surface area contributed by atoms with Gasteiger partial charge in [-0.25, -0.2) is 10.8 Å². The van der Waals surface area contributed by atoms with Crippen molar-refractivity contribution in [3.8, 4) is 0 Å².